The Balaban J connectivity index is 1.95. The number of halogens is 1. The highest BCUT2D eigenvalue weighted by Gasteiger charge is 2.20. The number of hydrogen-bond donors (Lipinski definition) is 1. The van der Waals surface area contributed by atoms with Crippen molar-refractivity contribution >= 4 is 17.3 Å². The summed E-state index contributed by atoms with van der Waals surface area (Å²) in [4.78, 5) is 6.62. The number of nitrogens with zero attached hydrogens (tertiary/aromatic N) is 2. The lowest BCUT2D eigenvalue weighted by molar-refractivity contribution is 0.378. The van der Waals surface area contributed by atoms with Gasteiger partial charge in [-0.05, 0) is 51.8 Å². The summed E-state index contributed by atoms with van der Waals surface area (Å²) in [5.41, 5.74) is 2.07. The van der Waals surface area contributed by atoms with Crippen molar-refractivity contribution in [3.05, 3.63) is 23.0 Å². The van der Waals surface area contributed by atoms with Gasteiger partial charge in [-0.2, -0.15) is 0 Å². The largest absolute Gasteiger partial charge is 0.370 e. The Morgan fingerprint density at radius 1 is 1.44 bits per heavy atom. The molecule has 1 aliphatic rings. The molecule has 1 aromatic heterocycles. The SMILES string of the molecule is CNCCC1CCN(c2ccnc(C)c2Cl)CC1. The molecular weight excluding hydrogens is 246 g/mol. The van der Waals surface area contributed by atoms with Crippen molar-refractivity contribution in [3.63, 3.8) is 0 Å². The molecule has 1 fully saturated rings. The minimum Gasteiger partial charge on any atom is -0.370 e. The van der Waals surface area contributed by atoms with Crippen molar-refractivity contribution in [2.24, 2.45) is 5.92 Å². The van der Waals surface area contributed by atoms with Crippen LogP contribution in [0.3, 0.4) is 0 Å². The summed E-state index contributed by atoms with van der Waals surface area (Å²) in [7, 11) is 2.02. The Labute approximate surface area is 115 Å². The van der Waals surface area contributed by atoms with Gasteiger partial charge in [-0.25, -0.2) is 0 Å². The number of aromatic nitrogens is 1. The zero-order chi connectivity index (χ0) is 13.0. The van der Waals surface area contributed by atoms with Crippen LogP contribution in [0.5, 0.6) is 0 Å². The van der Waals surface area contributed by atoms with Gasteiger partial charge in [-0.3, -0.25) is 4.98 Å². The summed E-state index contributed by atoms with van der Waals surface area (Å²) in [6, 6.07) is 2.03. The number of aryl methyl sites for hydroxylation is 1. The van der Waals surface area contributed by atoms with Gasteiger partial charge in [-0.15, -0.1) is 0 Å². The normalized spacial score (nSPS) is 17.2. The molecule has 0 amide bonds. The molecule has 0 unspecified atom stereocenters. The van der Waals surface area contributed by atoms with Crippen molar-refractivity contribution in [1.82, 2.24) is 10.3 Å². The predicted octanol–water partition coefficient (Wildman–Crippen LogP) is 2.87. The van der Waals surface area contributed by atoms with E-state index in [0.717, 1.165) is 42.0 Å². The van der Waals surface area contributed by atoms with E-state index in [0.29, 0.717) is 0 Å². The minimum absolute atomic E-state index is 0.811. The molecule has 0 radical (unpaired) electrons. The molecule has 2 rings (SSSR count). The zero-order valence-corrected chi connectivity index (χ0v) is 12.0. The Morgan fingerprint density at radius 2 is 2.17 bits per heavy atom. The molecule has 4 heteroatoms. The van der Waals surface area contributed by atoms with Crippen LogP contribution in [-0.4, -0.2) is 31.7 Å². The van der Waals surface area contributed by atoms with Gasteiger partial charge in [-0.1, -0.05) is 11.6 Å². The number of hydrogen-bond acceptors (Lipinski definition) is 3. The van der Waals surface area contributed by atoms with E-state index in [1.54, 1.807) is 0 Å². The molecule has 0 saturated carbocycles. The molecule has 0 aromatic carbocycles. The van der Waals surface area contributed by atoms with E-state index >= 15 is 0 Å². The predicted molar refractivity (Wildman–Crippen MR) is 77.5 cm³/mol. The Bertz CT molecular complexity index is 387. The van der Waals surface area contributed by atoms with Crippen molar-refractivity contribution < 1.29 is 0 Å². The summed E-state index contributed by atoms with van der Waals surface area (Å²) >= 11 is 6.33. The van der Waals surface area contributed by atoms with Gasteiger partial charge in [0.1, 0.15) is 0 Å². The third-order valence-electron chi connectivity index (χ3n) is 3.80. The zero-order valence-electron chi connectivity index (χ0n) is 11.2. The smallest absolute Gasteiger partial charge is 0.0851 e. The maximum Gasteiger partial charge on any atom is 0.0851 e. The van der Waals surface area contributed by atoms with Crippen molar-refractivity contribution in [2.75, 3.05) is 31.6 Å². The van der Waals surface area contributed by atoms with E-state index in [-0.39, 0.29) is 0 Å². The third-order valence-corrected chi connectivity index (χ3v) is 4.27. The first-order valence-electron chi connectivity index (χ1n) is 6.73. The van der Waals surface area contributed by atoms with Gasteiger partial charge < -0.3 is 10.2 Å². The van der Waals surface area contributed by atoms with Crippen LogP contribution in [0, 0.1) is 12.8 Å². The van der Waals surface area contributed by atoms with Crippen molar-refractivity contribution in [3.8, 4) is 0 Å². The standard InChI is InChI=1S/C14H22ClN3/c1-11-14(15)13(4-8-17-11)18-9-5-12(6-10-18)3-7-16-2/h4,8,12,16H,3,5-7,9-10H2,1-2H3. The Hall–Kier alpha value is -0.800. The number of nitrogens with one attached hydrogen (secondary N) is 1. The number of anilines is 1. The van der Waals surface area contributed by atoms with Gasteiger partial charge in [0.05, 0.1) is 16.4 Å². The van der Waals surface area contributed by atoms with E-state index in [1.807, 2.05) is 26.2 Å². The summed E-state index contributed by atoms with van der Waals surface area (Å²) in [6.45, 7) is 5.31. The highest BCUT2D eigenvalue weighted by molar-refractivity contribution is 6.33. The van der Waals surface area contributed by atoms with Crippen LogP contribution < -0.4 is 10.2 Å². The van der Waals surface area contributed by atoms with Crippen LogP contribution >= 0.6 is 11.6 Å². The third kappa shape index (κ3) is 3.15. The molecule has 1 aromatic rings. The molecule has 0 bridgehead atoms. The lowest BCUT2D eigenvalue weighted by Crippen LogP contribution is -2.34. The molecular formula is C14H22ClN3. The second-order valence-electron chi connectivity index (χ2n) is 5.05. The van der Waals surface area contributed by atoms with E-state index in [1.165, 1.54) is 19.3 Å². The number of piperidine rings is 1. The van der Waals surface area contributed by atoms with E-state index < -0.39 is 0 Å². The lowest BCUT2D eigenvalue weighted by atomic mass is 9.93. The maximum atomic E-state index is 6.33. The maximum absolute atomic E-state index is 6.33. The summed E-state index contributed by atoms with van der Waals surface area (Å²) in [5, 5.41) is 4.04. The van der Waals surface area contributed by atoms with Gasteiger partial charge in [0.2, 0.25) is 0 Å². The van der Waals surface area contributed by atoms with E-state index in [9.17, 15) is 0 Å². The monoisotopic (exact) mass is 267 g/mol. The second-order valence-corrected chi connectivity index (χ2v) is 5.43. The first-order valence-corrected chi connectivity index (χ1v) is 7.11. The quantitative estimate of drug-likeness (QED) is 0.909. The summed E-state index contributed by atoms with van der Waals surface area (Å²) in [5.74, 6) is 0.857. The van der Waals surface area contributed by atoms with Gasteiger partial charge in [0, 0.05) is 19.3 Å². The molecule has 18 heavy (non-hydrogen) atoms. The van der Waals surface area contributed by atoms with Crippen LogP contribution in [0.25, 0.3) is 0 Å². The first-order chi connectivity index (χ1) is 8.72. The van der Waals surface area contributed by atoms with Crippen LogP contribution in [0.4, 0.5) is 5.69 Å². The van der Waals surface area contributed by atoms with Crippen LogP contribution in [-0.2, 0) is 0 Å². The molecule has 0 atom stereocenters. The second kappa shape index (κ2) is 6.39. The average Bonchev–Trinajstić information content (AvgIpc) is 2.40. The molecule has 3 nitrogen and oxygen atoms in total. The fraction of sp³-hybridized carbons (Fsp3) is 0.643. The van der Waals surface area contributed by atoms with Gasteiger partial charge in [0.15, 0.2) is 0 Å². The van der Waals surface area contributed by atoms with Crippen LogP contribution in [0.15, 0.2) is 12.3 Å². The van der Waals surface area contributed by atoms with Crippen molar-refractivity contribution in [1.29, 1.82) is 0 Å². The molecule has 2 heterocycles. The number of pyridine rings is 1. The fourth-order valence-electron chi connectivity index (χ4n) is 2.59. The molecule has 0 aliphatic carbocycles. The molecule has 0 spiro atoms. The minimum atomic E-state index is 0.811. The van der Waals surface area contributed by atoms with Crippen LogP contribution in [0.2, 0.25) is 5.02 Å². The molecule has 1 aliphatic heterocycles. The van der Waals surface area contributed by atoms with Gasteiger partial charge in [0.25, 0.3) is 0 Å². The van der Waals surface area contributed by atoms with Crippen LogP contribution in [0.1, 0.15) is 25.0 Å². The van der Waals surface area contributed by atoms with E-state index in [2.05, 4.69) is 15.2 Å². The number of rotatable bonds is 4. The molecule has 1 saturated heterocycles. The topological polar surface area (TPSA) is 28.2 Å². The average molecular weight is 268 g/mol. The Kier molecular flexibility index (Phi) is 4.84. The highest BCUT2D eigenvalue weighted by atomic mass is 35.5. The van der Waals surface area contributed by atoms with Crippen molar-refractivity contribution in [2.45, 2.75) is 26.2 Å². The van der Waals surface area contributed by atoms with Gasteiger partial charge >= 0.3 is 0 Å². The molecule has 1 N–H and O–H groups in total. The highest BCUT2D eigenvalue weighted by Crippen LogP contribution is 2.31. The summed E-state index contributed by atoms with van der Waals surface area (Å²) in [6.07, 6.45) is 5.66. The lowest BCUT2D eigenvalue weighted by Gasteiger charge is -2.34. The van der Waals surface area contributed by atoms with E-state index in [4.69, 9.17) is 11.6 Å². The first kappa shape index (κ1) is 13.6. The molecule has 100 valence electrons. The fourth-order valence-corrected chi connectivity index (χ4v) is 2.82. The summed E-state index contributed by atoms with van der Waals surface area (Å²) < 4.78 is 0. The Morgan fingerprint density at radius 3 is 2.83 bits per heavy atom.